The summed E-state index contributed by atoms with van der Waals surface area (Å²) in [6.45, 7) is 3.61. The lowest BCUT2D eigenvalue weighted by atomic mass is 10.5. The smallest absolute Gasteiger partial charge is 0.00197 e. The van der Waals surface area contributed by atoms with Crippen LogP contribution >= 0.6 is 31.9 Å². The molecule has 6 heavy (non-hydrogen) atoms. The highest BCUT2D eigenvalue weighted by Crippen LogP contribution is 2.09. The van der Waals surface area contributed by atoms with Crippen LogP contribution in [0.2, 0.25) is 0 Å². The molecule has 0 N–H and O–H groups in total. The molecule has 1 radical (unpaired) electrons. The molecule has 0 bridgehead atoms. The van der Waals surface area contributed by atoms with Crippen LogP contribution in [0.4, 0.5) is 0 Å². The van der Waals surface area contributed by atoms with Crippen molar-refractivity contribution in [3.05, 3.63) is 16.4 Å². The van der Waals surface area contributed by atoms with Crippen molar-refractivity contribution in [1.29, 1.82) is 0 Å². The van der Waals surface area contributed by atoms with Crippen molar-refractivity contribution in [1.82, 2.24) is 0 Å². The molecule has 0 aromatic rings. The molecule has 0 nitrogen and oxygen atoms in total. The second-order valence-corrected chi connectivity index (χ2v) is 2.28. The molecule has 35 valence electrons. The first-order valence-corrected chi connectivity index (χ1v) is 3.26. The van der Waals surface area contributed by atoms with Crippen molar-refractivity contribution in [3.63, 3.8) is 0 Å². The average Bonchev–Trinajstić information content (AvgIpc) is 1.65. The van der Waals surface area contributed by atoms with Gasteiger partial charge in [0.05, 0.1) is 0 Å². The third kappa shape index (κ3) is 2.91. The Labute approximate surface area is 54.9 Å². The van der Waals surface area contributed by atoms with Crippen LogP contribution in [0.3, 0.4) is 0 Å². The number of hydrogen-bond acceptors (Lipinski definition) is 0. The van der Waals surface area contributed by atoms with Crippen molar-refractivity contribution >= 4 is 31.9 Å². The quantitative estimate of drug-likeness (QED) is 0.628. The van der Waals surface area contributed by atoms with Gasteiger partial charge in [0.1, 0.15) is 0 Å². The van der Waals surface area contributed by atoms with Gasteiger partial charge in [-0.2, -0.15) is 0 Å². The zero-order valence-electron chi connectivity index (χ0n) is 3.25. The van der Waals surface area contributed by atoms with Crippen LogP contribution < -0.4 is 0 Å². The van der Waals surface area contributed by atoms with Crippen LogP contribution in [0.5, 0.6) is 0 Å². The van der Waals surface area contributed by atoms with E-state index in [2.05, 4.69) is 38.8 Å². The fourth-order valence-electron chi connectivity index (χ4n) is 0.0546. The average molecular weight is 213 g/mol. The largest absolute Gasteiger partial charge is 0.0586 e. The van der Waals surface area contributed by atoms with E-state index in [1.54, 1.807) is 4.99 Å². The Hall–Kier alpha value is 0.700. The van der Waals surface area contributed by atoms with Crippen molar-refractivity contribution in [3.8, 4) is 0 Å². The highest BCUT2D eigenvalue weighted by molar-refractivity contribution is 9.14. The third-order valence-electron chi connectivity index (χ3n) is 0.357. The van der Waals surface area contributed by atoms with E-state index in [1.807, 2.05) is 0 Å². The van der Waals surface area contributed by atoms with E-state index in [4.69, 9.17) is 0 Å². The van der Waals surface area contributed by atoms with E-state index >= 15 is 0 Å². The first-order chi connectivity index (χ1) is 2.81. The summed E-state index contributed by atoms with van der Waals surface area (Å²) in [4.78, 5) is 1.81. The summed E-state index contributed by atoms with van der Waals surface area (Å²) in [7, 11) is 0. The SMILES string of the molecule is [CH2]C/C(Br)=C/Br. The fourth-order valence-corrected chi connectivity index (χ4v) is 0.283. The summed E-state index contributed by atoms with van der Waals surface area (Å²) in [6, 6.07) is 0. The number of allylic oxidation sites excluding steroid dienone is 1. The first-order valence-electron chi connectivity index (χ1n) is 1.55. The summed E-state index contributed by atoms with van der Waals surface area (Å²) in [5.41, 5.74) is 0. The van der Waals surface area contributed by atoms with Crippen LogP contribution in [0, 0.1) is 6.92 Å². The van der Waals surface area contributed by atoms with Gasteiger partial charge < -0.3 is 0 Å². The van der Waals surface area contributed by atoms with Gasteiger partial charge in [-0.3, -0.25) is 0 Å². The summed E-state index contributed by atoms with van der Waals surface area (Å²) in [6.07, 6.45) is 0.811. The van der Waals surface area contributed by atoms with Gasteiger partial charge in [0, 0.05) is 4.48 Å². The zero-order valence-corrected chi connectivity index (χ0v) is 6.42. The summed E-state index contributed by atoms with van der Waals surface area (Å²) < 4.78 is 1.09. The van der Waals surface area contributed by atoms with Crippen molar-refractivity contribution in [2.24, 2.45) is 0 Å². The summed E-state index contributed by atoms with van der Waals surface area (Å²) in [5, 5.41) is 0. The van der Waals surface area contributed by atoms with Crippen molar-refractivity contribution < 1.29 is 0 Å². The Morgan fingerprint density at radius 3 is 2.33 bits per heavy atom. The molecule has 0 amide bonds. The summed E-state index contributed by atoms with van der Waals surface area (Å²) in [5.74, 6) is 0. The molecule has 0 heterocycles. The molecular weight excluding hydrogens is 208 g/mol. The Balaban J connectivity index is 3.22. The van der Waals surface area contributed by atoms with Crippen molar-refractivity contribution in [2.45, 2.75) is 6.42 Å². The molecule has 0 saturated heterocycles. The maximum Gasteiger partial charge on any atom is 0.00197 e. The second-order valence-electron chi connectivity index (χ2n) is 0.806. The minimum atomic E-state index is 0.811. The normalized spacial score (nSPS) is 12.2. The predicted molar refractivity (Wildman–Crippen MR) is 35.9 cm³/mol. The van der Waals surface area contributed by atoms with Gasteiger partial charge >= 0.3 is 0 Å². The third-order valence-corrected chi connectivity index (χ3v) is 2.15. The maximum absolute atomic E-state index is 3.61. The highest BCUT2D eigenvalue weighted by atomic mass is 79.9. The molecule has 0 aromatic heterocycles. The van der Waals surface area contributed by atoms with Gasteiger partial charge in [0.25, 0.3) is 0 Å². The molecule has 0 unspecified atom stereocenters. The lowest BCUT2D eigenvalue weighted by Gasteiger charge is -1.80. The Morgan fingerprint density at radius 1 is 1.83 bits per heavy atom. The minimum Gasteiger partial charge on any atom is -0.0586 e. The van der Waals surface area contributed by atoms with E-state index < -0.39 is 0 Å². The van der Waals surface area contributed by atoms with E-state index in [1.165, 1.54) is 0 Å². The van der Waals surface area contributed by atoms with Crippen LogP contribution in [-0.2, 0) is 0 Å². The molecule has 0 saturated carbocycles. The minimum absolute atomic E-state index is 0.811. The molecular formula is C4H5Br2. The molecule has 0 aliphatic rings. The lowest BCUT2D eigenvalue weighted by molar-refractivity contribution is 1.39. The molecule has 0 spiro atoms. The Morgan fingerprint density at radius 2 is 2.33 bits per heavy atom. The maximum atomic E-state index is 3.61. The molecule has 2 heteroatoms. The van der Waals surface area contributed by atoms with Crippen LogP contribution in [0.15, 0.2) is 9.47 Å². The number of halogens is 2. The van der Waals surface area contributed by atoms with Gasteiger partial charge in [-0.05, 0) is 18.3 Å². The van der Waals surface area contributed by atoms with Gasteiger partial charge in [-0.1, -0.05) is 31.9 Å². The standard InChI is InChI=1S/C4H5Br2/c1-2-4(6)3-5/h3H,1-2H2/b4-3-. The molecule has 0 fully saturated rings. The van der Waals surface area contributed by atoms with E-state index in [0.29, 0.717) is 0 Å². The number of hydrogen-bond donors (Lipinski definition) is 0. The van der Waals surface area contributed by atoms with Crippen molar-refractivity contribution in [2.75, 3.05) is 0 Å². The summed E-state index contributed by atoms with van der Waals surface area (Å²) >= 11 is 6.35. The zero-order chi connectivity index (χ0) is 4.99. The molecule has 0 aromatic carbocycles. The Kier molecular flexibility index (Phi) is 4.33. The fraction of sp³-hybridized carbons (Fsp3) is 0.250. The van der Waals surface area contributed by atoms with Gasteiger partial charge in [0.2, 0.25) is 0 Å². The van der Waals surface area contributed by atoms with E-state index in [-0.39, 0.29) is 0 Å². The van der Waals surface area contributed by atoms with Crippen LogP contribution in [-0.4, -0.2) is 0 Å². The monoisotopic (exact) mass is 211 g/mol. The molecule has 0 aliphatic heterocycles. The van der Waals surface area contributed by atoms with Gasteiger partial charge in [-0.15, -0.1) is 0 Å². The van der Waals surface area contributed by atoms with Gasteiger partial charge in [-0.25, -0.2) is 0 Å². The molecule has 0 rings (SSSR count). The topological polar surface area (TPSA) is 0 Å². The number of rotatable bonds is 1. The lowest BCUT2D eigenvalue weighted by Crippen LogP contribution is -1.56. The van der Waals surface area contributed by atoms with Crippen LogP contribution in [0.1, 0.15) is 6.42 Å². The van der Waals surface area contributed by atoms with E-state index in [0.717, 1.165) is 10.9 Å². The van der Waals surface area contributed by atoms with E-state index in [9.17, 15) is 0 Å². The predicted octanol–water partition coefficient (Wildman–Crippen LogP) is 2.84. The second kappa shape index (κ2) is 3.88. The molecule has 0 atom stereocenters. The van der Waals surface area contributed by atoms with Gasteiger partial charge in [0.15, 0.2) is 0 Å². The van der Waals surface area contributed by atoms with Crippen LogP contribution in [0.25, 0.3) is 0 Å². The first kappa shape index (κ1) is 6.70. The highest BCUT2D eigenvalue weighted by Gasteiger charge is 1.77. The molecule has 0 aliphatic carbocycles. The Bertz CT molecular complexity index is 56.6.